The van der Waals surface area contributed by atoms with Gasteiger partial charge in [0.05, 0.1) is 0 Å². The summed E-state index contributed by atoms with van der Waals surface area (Å²) in [5, 5.41) is 3.34. The molecule has 0 aromatic rings. The lowest BCUT2D eigenvalue weighted by Gasteiger charge is -2.28. The van der Waals surface area contributed by atoms with Crippen molar-refractivity contribution in [1.82, 2.24) is 10.2 Å². The quantitative estimate of drug-likeness (QED) is 0.765. The van der Waals surface area contributed by atoms with Crippen LogP contribution in [0.2, 0.25) is 0 Å². The minimum atomic E-state index is -4.73. The van der Waals surface area contributed by atoms with Gasteiger partial charge in [0, 0.05) is 19.1 Å². The van der Waals surface area contributed by atoms with Gasteiger partial charge in [0.1, 0.15) is 0 Å². The van der Waals surface area contributed by atoms with Crippen LogP contribution in [0.1, 0.15) is 25.7 Å². The second-order valence-corrected chi connectivity index (χ2v) is 4.85. The first-order valence-corrected chi connectivity index (χ1v) is 6.08. The van der Waals surface area contributed by atoms with Gasteiger partial charge in [-0.15, -0.1) is 0 Å². The highest BCUT2D eigenvalue weighted by atomic mass is 19.4. The van der Waals surface area contributed by atoms with Crippen molar-refractivity contribution in [2.75, 3.05) is 19.6 Å². The fraction of sp³-hybridized carbons (Fsp3) is 0.909. The number of nitrogens with zero attached hydrogens (tertiary/aromatic N) is 1. The average Bonchev–Trinajstić information content (AvgIpc) is 2.77. The molecule has 6 heteroatoms. The molecule has 0 aliphatic carbocycles. The summed E-state index contributed by atoms with van der Waals surface area (Å²) in [6.07, 6.45) is -0.775. The Morgan fingerprint density at radius 1 is 1.24 bits per heavy atom. The molecule has 3 nitrogen and oxygen atoms in total. The number of piperidine rings is 1. The molecule has 2 atom stereocenters. The van der Waals surface area contributed by atoms with Gasteiger partial charge in [-0.05, 0) is 31.7 Å². The Morgan fingerprint density at radius 3 is 2.59 bits per heavy atom. The zero-order chi connectivity index (χ0) is 12.5. The maximum absolute atomic E-state index is 12.3. The second kappa shape index (κ2) is 4.84. The molecule has 2 aliphatic rings. The maximum Gasteiger partial charge on any atom is 0.471 e. The van der Waals surface area contributed by atoms with Crippen LogP contribution in [-0.4, -0.2) is 42.7 Å². The molecule has 2 heterocycles. The number of carbonyl (C=O) groups is 1. The molecule has 0 saturated carbocycles. The molecule has 2 saturated heterocycles. The normalized spacial score (nSPS) is 30.6. The molecule has 17 heavy (non-hydrogen) atoms. The summed E-state index contributed by atoms with van der Waals surface area (Å²) in [6.45, 7) is 1.42. The Morgan fingerprint density at radius 2 is 2.00 bits per heavy atom. The SMILES string of the molecule is O=C(N1CC[C@H]([C@@H]2CCCCN2)C1)C(F)(F)F. The Labute approximate surface area is 98.3 Å². The van der Waals surface area contributed by atoms with Crippen LogP contribution < -0.4 is 5.32 Å². The highest BCUT2D eigenvalue weighted by Crippen LogP contribution is 2.28. The molecular weight excluding hydrogens is 233 g/mol. The molecule has 0 aromatic carbocycles. The van der Waals surface area contributed by atoms with E-state index in [4.69, 9.17) is 0 Å². The zero-order valence-corrected chi connectivity index (χ0v) is 9.59. The van der Waals surface area contributed by atoms with Gasteiger partial charge in [-0.1, -0.05) is 6.42 Å². The first kappa shape index (κ1) is 12.7. The number of alkyl halides is 3. The zero-order valence-electron chi connectivity index (χ0n) is 9.59. The Balaban J connectivity index is 1.88. The number of halogens is 3. The van der Waals surface area contributed by atoms with Crippen LogP contribution in [-0.2, 0) is 4.79 Å². The second-order valence-electron chi connectivity index (χ2n) is 4.85. The van der Waals surface area contributed by atoms with Gasteiger partial charge < -0.3 is 10.2 Å². The van der Waals surface area contributed by atoms with E-state index in [0.717, 1.165) is 30.7 Å². The standard InChI is InChI=1S/C11H17F3N2O/c12-11(13,14)10(17)16-6-4-8(7-16)9-3-1-2-5-15-9/h8-9,15H,1-7H2/t8-,9-/m0/s1. The maximum atomic E-state index is 12.3. The van der Waals surface area contributed by atoms with E-state index in [1.54, 1.807) is 0 Å². The Bertz CT molecular complexity index is 287. The first-order chi connectivity index (χ1) is 7.98. The van der Waals surface area contributed by atoms with E-state index in [1.807, 2.05) is 0 Å². The average molecular weight is 250 g/mol. The van der Waals surface area contributed by atoms with E-state index in [0.29, 0.717) is 6.42 Å². The van der Waals surface area contributed by atoms with Crippen molar-refractivity contribution in [3.8, 4) is 0 Å². The third-order valence-corrected chi connectivity index (χ3v) is 3.67. The van der Waals surface area contributed by atoms with Crippen LogP contribution >= 0.6 is 0 Å². The summed E-state index contributed by atoms with van der Waals surface area (Å²) >= 11 is 0. The van der Waals surface area contributed by atoms with E-state index in [2.05, 4.69) is 5.32 Å². The number of carbonyl (C=O) groups excluding carboxylic acids is 1. The van der Waals surface area contributed by atoms with Crippen LogP contribution in [0.5, 0.6) is 0 Å². The van der Waals surface area contributed by atoms with Crippen LogP contribution in [0.3, 0.4) is 0 Å². The first-order valence-electron chi connectivity index (χ1n) is 6.08. The van der Waals surface area contributed by atoms with Crippen LogP contribution in [0.15, 0.2) is 0 Å². The molecule has 0 unspecified atom stereocenters. The van der Waals surface area contributed by atoms with Crippen LogP contribution in [0.4, 0.5) is 13.2 Å². The summed E-state index contributed by atoms with van der Waals surface area (Å²) in [4.78, 5) is 12.0. The summed E-state index contributed by atoms with van der Waals surface area (Å²) in [5.41, 5.74) is 0. The van der Waals surface area contributed by atoms with E-state index in [1.165, 1.54) is 0 Å². The van der Waals surface area contributed by atoms with Gasteiger partial charge in [-0.2, -0.15) is 13.2 Å². The van der Waals surface area contributed by atoms with E-state index >= 15 is 0 Å². The van der Waals surface area contributed by atoms with Crippen LogP contribution in [0.25, 0.3) is 0 Å². The third-order valence-electron chi connectivity index (χ3n) is 3.67. The molecule has 98 valence electrons. The van der Waals surface area contributed by atoms with Gasteiger partial charge in [-0.25, -0.2) is 0 Å². The topological polar surface area (TPSA) is 32.3 Å². The van der Waals surface area contributed by atoms with Gasteiger partial charge in [0.2, 0.25) is 0 Å². The predicted octanol–water partition coefficient (Wildman–Crippen LogP) is 1.54. The molecular formula is C11H17F3N2O. The summed E-state index contributed by atoms with van der Waals surface area (Å²) in [6, 6.07) is 0.287. The lowest BCUT2D eigenvalue weighted by molar-refractivity contribution is -0.184. The number of rotatable bonds is 1. The van der Waals surface area contributed by atoms with Gasteiger partial charge in [0.15, 0.2) is 0 Å². The predicted molar refractivity (Wildman–Crippen MR) is 56.4 cm³/mol. The Hall–Kier alpha value is -0.780. The van der Waals surface area contributed by atoms with Gasteiger partial charge >= 0.3 is 12.1 Å². The molecule has 1 amide bonds. The highest BCUT2D eigenvalue weighted by Gasteiger charge is 2.45. The van der Waals surface area contributed by atoms with Gasteiger partial charge in [-0.3, -0.25) is 4.79 Å². The molecule has 2 rings (SSSR count). The number of amides is 1. The van der Waals surface area contributed by atoms with E-state index in [9.17, 15) is 18.0 Å². The fourth-order valence-electron chi connectivity index (χ4n) is 2.76. The largest absolute Gasteiger partial charge is 0.471 e. The molecule has 0 spiro atoms. The molecule has 1 N–H and O–H groups in total. The van der Waals surface area contributed by atoms with Crippen molar-refractivity contribution in [2.24, 2.45) is 5.92 Å². The molecule has 0 bridgehead atoms. The smallest absolute Gasteiger partial charge is 0.335 e. The van der Waals surface area contributed by atoms with E-state index in [-0.39, 0.29) is 25.0 Å². The van der Waals surface area contributed by atoms with E-state index < -0.39 is 12.1 Å². The summed E-state index contributed by atoms with van der Waals surface area (Å²) in [5.74, 6) is -1.50. The molecule has 2 fully saturated rings. The lowest BCUT2D eigenvalue weighted by Crippen LogP contribution is -2.43. The monoisotopic (exact) mass is 250 g/mol. The molecule has 0 aromatic heterocycles. The van der Waals surface area contributed by atoms with Gasteiger partial charge in [0.25, 0.3) is 0 Å². The lowest BCUT2D eigenvalue weighted by atomic mass is 9.91. The summed E-state index contributed by atoms with van der Waals surface area (Å²) in [7, 11) is 0. The molecule has 0 radical (unpaired) electrons. The summed E-state index contributed by atoms with van der Waals surface area (Å²) < 4.78 is 36.8. The number of hydrogen-bond acceptors (Lipinski definition) is 2. The van der Waals surface area contributed by atoms with Crippen molar-refractivity contribution >= 4 is 5.91 Å². The number of hydrogen-bond donors (Lipinski definition) is 1. The van der Waals surface area contributed by atoms with Crippen molar-refractivity contribution in [1.29, 1.82) is 0 Å². The minimum Gasteiger partial charge on any atom is -0.335 e. The third kappa shape index (κ3) is 2.91. The van der Waals surface area contributed by atoms with Crippen molar-refractivity contribution in [2.45, 2.75) is 37.9 Å². The number of likely N-dealkylation sites (tertiary alicyclic amines) is 1. The van der Waals surface area contributed by atoms with Crippen molar-refractivity contribution in [3.05, 3.63) is 0 Å². The number of nitrogens with one attached hydrogen (secondary N) is 1. The fourth-order valence-corrected chi connectivity index (χ4v) is 2.76. The van der Waals surface area contributed by atoms with Crippen LogP contribution in [0, 0.1) is 5.92 Å². The Kier molecular flexibility index (Phi) is 3.61. The van der Waals surface area contributed by atoms with Crippen molar-refractivity contribution in [3.63, 3.8) is 0 Å². The molecule has 2 aliphatic heterocycles. The van der Waals surface area contributed by atoms with Crippen molar-refractivity contribution < 1.29 is 18.0 Å². The minimum absolute atomic E-state index is 0.182. The highest BCUT2D eigenvalue weighted by molar-refractivity contribution is 5.82.